The maximum Gasteiger partial charge on any atom is 0.265 e. The molecule has 0 spiro atoms. The van der Waals surface area contributed by atoms with Gasteiger partial charge in [0.25, 0.3) is 10.0 Å². The molecule has 2 aromatic carbocycles. The third kappa shape index (κ3) is 3.43. The Morgan fingerprint density at radius 3 is 2.09 bits per heavy atom. The average molecular weight is 358 g/mol. The Morgan fingerprint density at radius 2 is 1.59 bits per heavy atom. The Kier molecular flexibility index (Phi) is 5.11. The number of para-hydroxylation sites is 1. The van der Waals surface area contributed by atoms with Gasteiger partial charge < -0.3 is 0 Å². The second kappa shape index (κ2) is 6.69. The summed E-state index contributed by atoms with van der Waals surface area (Å²) in [5, 5.41) is -0.340. The lowest BCUT2D eigenvalue weighted by atomic mass is 10.3. The summed E-state index contributed by atoms with van der Waals surface area (Å²) in [7, 11) is -3.95. The van der Waals surface area contributed by atoms with E-state index < -0.39 is 21.3 Å². The van der Waals surface area contributed by atoms with Gasteiger partial charge in [-0.15, -0.1) is 0 Å². The van der Waals surface area contributed by atoms with Gasteiger partial charge in [0.1, 0.15) is 6.04 Å². The lowest BCUT2D eigenvalue weighted by molar-refractivity contribution is -0.112. The highest BCUT2D eigenvalue weighted by Gasteiger charge is 2.32. The van der Waals surface area contributed by atoms with Crippen LogP contribution in [0.4, 0.5) is 5.69 Å². The van der Waals surface area contributed by atoms with Crippen molar-refractivity contribution in [3.8, 4) is 0 Å². The Morgan fingerprint density at radius 1 is 1.05 bits per heavy atom. The molecule has 2 aromatic rings. The minimum absolute atomic E-state index is 0.0329. The normalized spacial score (nSPS) is 12.7. The Hall–Kier alpha value is -1.56. The molecule has 0 saturated carbocycles. The van der Waals surface area contributed by atoms with Crippen LogP contribution in [0.2, 0.25) is 5.02 Å². The number of hydrogen-bond donors (Lipinski definition) is 0. The van der Waals surface area contributed by atoms with E-state index in [1.807, 2.05) is 0 Å². The van der Waals surface area contributed by atoms with Crippen LogP contribution >= 0.6 is 23.2 Å². The maximum atomic E-state index is 12.9. The Bertz CT molecular complexity index is 761. The number of benzene rings is 2. The summed E-state index contributed by atoms with van der Waals surface area (Å²) >= 11 is 11.3. The number of carbonyl (C=O) groups is 1. The van der Waals surface area contributed by atoms with Crippen molar-refractivity contribution in [1.29, 1.82) is 0 Å². The molecule has 0 aliphatic heterocycles. The summed E-state index contributed by atoms with van der Waals surface area (Å²) in [4.78, 5) is 11.6. The molecule has 1 atom stereocenters. The van der Waals surface area contributed by atoms with Gasteiger partial charge in [0.15, 0.2) is 0 Å². The van der Waals surface area contributed by atoms with Crippen LogP contribution in [0.5, 0.6) is 0 Å². The molecule has 0 amide bonds. The number of sulfonamides is 1. The Labute approximate surface area is 139 Å². The number of anilines is 1. The summed E-state index contributed by atoms with van der Waals surface area (Å²) in [5.41, 5.74) is 0.360. The molecule has 0 aromatic heterocycles. The van der Waals surface area contributed by atoms with Crippen molar-refractivity contribution in [2.75, 3.05) is 4.31 Å². The molecule has 0 saturated heterocycles. The fraction of sp³-hybridized carbons (Fsp3) is 0.133. The molecule has 22 heavy (non-hydrogen) atoms. The van der Waals surface area contributed by atoms with Crippen LogP contribution < -0.4 is 4.31 Å². The first-order valence-electron chi connectivity index (χ1n) is 6.38. The van der Waals surface area contributed by atoms with Crippen LogP contribution in [0.3, 0.4) is 0 Å². The monoisotopic (exact) mass is 357 g/mol. The van der Waals surface area contributed by atoms with Crippen molar-refractivity contribution in [1.82, 2.24) is 0 Å². The number of halogens is 2. The average Bonchev–Trinajstić information content (AvgIpc) is 2.48. The highest BCUT2D eigenvalue weighted by atomic mass is 35.5. The topological polar surface area (TPSA) is 54.5 Å². The van der Waals surface area contributed by atoms with E-state index in [2.05, 4.69) is 0 Å². The number of nitrogens with zero attached hydrogens (tertiary/aromatic N) is 1. The second-order valence-electron chi connectivity index (χ2n) is 4.57. The first-order valence-corrected chi connectivity index (χ1v) is 8.58. The van der Waals surface area contributed by atoms with Crippen molar-refractivity contribution in [3.05, 3.63) is 59.6 Å². The molecule has 0 aliphatic carbocycles. The molecule has 2 rings (SSSR count). The van der Waals surface area contributed by atoms with Crippen molar-refractivity contribution < 1.29 is 13.2 Å². The zero-order valence-electron chi connectivity index (χ0n) is 11.6. The third-order valence-electron chi connectivity index (χ3n) is 3.06. The smallest absolute Gasteiger partial charge is 0.265 e. The van der Waals surface area contributed by atoms with E-state index in [-0.39, 0.29) is 4.90 Å². The highest BCUT2D eigenvalue weighted by molar-refractivity contribution is 7.93. The van der Waals surface area contributed by atoms with Gasteiger partial charge in [-0.25, -0.2) is 8.42 Å². The van der Waals surface area contributed by atoms with Crippen LogP contribution in [0.1, 0.15) is 6.92 Å². The molecule has 116 valence electrons. The van der Waals surface area contributed by atoms with E-state index in [1.54, 1.807) is 30.3 Å². The lowest BCUT2D eigenvalue weighted by Gasteiger charge is -2.28. The van der Waals surface area contributed by atoms with Crippen LogP contribution in [0, 0.1) is 0 Å². The minimum atomic E-state index is -3.95. The van der Waals surface area contributed by atoms with Gasteiger partial charge in [0.05, 0.1) is 10.6 Å². The predicted molar refractivity (Wildman–Crippen MR) is 87.9 cm³/mol. The van der Waals surface area contributed by atoms with Crippen LogP contribution in [0.25, 0.3) is 0 Å². The van der Waals surface area contributed by atoms with E-state index in [9.17, 15) is 13.2 Å². The van der Waals surface area contributed by atoms with Gasteiger partial charge in [-0.2, -0.15) is 0 Å². The summed E-state index contributed by atoms with van der Waals surface area (Å²) in [6.45, 7) is 1.44. The standard InChI is InChI=1S/C15H13Cl2NO3S/c1-11(15(17)19)18(13-5-3-2-4-6-13)22(20,21)14-9-7-12(16)8-10-14/h2-11H,1H3. The van der Waals surface area contributed by atoms with Crippen LogP contribution in [-0.2, 0) is 14.8 Å². The summed E-state index contributed by atoms with van der Waals surface area (Å²) in [6.07, 6.45) is 0. The van der Waals surface area contributed by atoms with Gasteiger partial charge in [0, 0.05) is 5.02 Å². The second-order valence-corrected chi connectivity index (χ2v) is 7.19. The van der Waals surface area contributed by atoms with Crippen molar-refractivity contribution in [3.63, 3.8) is 0 Å². The highest BCUT2D eigenvalue weighted by Crippen LogP contribution is 2.27. The molecule has 4 nitrogen and oxygen atoms in total. The van der Waals surface area contributed by atoms with Crippen LogP contribution in [0.15, 0.2) is 59.5 Å². The largest absolute Gasteiger partial charge is 0.279 e. The zero-order chi connectivity index (χ0) is 16.3. The van der Waals surface area contributed by atoms with E-state index in [4.69, 9.17) is 23.2 Å². The van der Waals surface area contributed by atoms with E-state index in [0.717, 1.165) is 4.31 Å². The SMILES string of the molecule is CC(C(=O)Cl)N(c1ccccc1)S(=O)(=O)c1ccc(Cl)cc1. The van der Waals surface area contributed by atoms with E-state index >= 15 is 0 Å². The fourth-order valence-electron chi connectivity index (χ4n) is 1.96. The number of hydrogen-bond acceptors (Lipinski definition) is 3. The van der Waals surface area contributed by atoms with E-state index in [1.165, 1.54) is 31.2 Å². The molecule has 1 unspecified atom stereocenters. The zero-order valence-corrected chi connectivity index (χ0v) is 13.9. The predicted octanol–water partition coefficient (Wildman–Crippen LogP) is 3.69. The third-order valence-corrected chi connectivity index (χ3v) is 5.54. The quantitative estimate of drug-likeness (QED) is 0.766. The van der Waals surface area contributed by atoms with Crippen molar-refractivity contribution in [2.24, 2.45) is 0 Å². The van der Waals surface area contributed by atoms with Gasteiger partial charge in [-0.1, -0.05) is 29.8 Å². The molecular weight excluding hydrogens is 345 g/mol. The van der Waals surface area contributed by atoms with Crippen molar-refractivity contribution in [2.45, 2.75) is 17.9 Å². The molecule has 0 radical (unpaired) electrons. The first-order chi connectivity index (χ1) is 10.3. The van der Waals surface area contributed by atoms with Crippen molar-refractivity contribution >= 4 is 44.2 Å². The molecule has 0 heterocycles. The van der Waals surface area contributed by atoms with Gasteiger partial charge in [-0.05, 0) is 54.9 Å². The molecule has 0 N–H and O–H groups in total. The number of rotatable bonds is 5. The molecular formula is C15H13Cl2NO3S. The number of carbonyl (C=O) groups excluding carboxylic acids is 1. The van der Waals surface area contributed by atoms with Gasteiger partial charge in [-0.3, -0.25) is 9.10 Å². The van der Waals surface area contributed by atoms with Gasteiger partial charge in [0.2, 0.25) is 5.24 Å². The summed E-state index contributed by atoms with van der Waals surface area (Å²) in [5.74, 6) is 0. The minimum Gasteiger partial charge on any atom is -0.279 e. The molecule has 0 fully saturated rings. The molecule has 7 heteroatoms. The van der Waals surface area contributed by atoms with Crippen LogP contribution in [-0.4, -0.2) is 19.7 Å². The fourth-order valence-corrected chi connectivity index (χ4v) is 3.86. The van der Waals surface area contributed by atoms with E-state index in [0.29, 0.717) is 10.7 Å². The van der Waals surface area contributed by atoms with Gasteiger partial charge >= 0.3 is 0 Å². The maximum absolute atomic E-state index is 12.9. The first kappa shape index (κ1) is 16.8. The summed E-state index contributed by atoms with van der Waals surface area (Å²) in [6, 6.07) is 13.0. The molecule has 0 aliphatic rings. The Balaban J connectivity index is 2.58. The lowest BCUT2D eigenvalue weighted by Crippen LogP contribution is -2.42. The molecule has 0 bridgehead atoms. The summed E-state index contributed by atoms with van der Waals surface area (Å²) < 4.78 is 26.7.